The molecule has 2 saturated carbocycles. The summed E-state index contributed by atoms with van der Waals surface area (Å²) in [4.78, 5) is 54.2. The molecule has 2 aliphatic heterocycles. The fourth-order valence-electron chi connectivity index (χ4n) is 8.00. The molecular formula is C29H31BrCl2N2O7. The third-order valence-electron chi connectivity index (χ3n) is 9.81. The van der Waals surface area contributed by atoms with Crippen molar-refractivity contribution in [2.24, 2.45) is 17.8 Å². The first-order valence-corrected chi connectivity index (χ1v) is 15.7. The van der Waals surface area contributed by atoms with Gasteiger partial charge in [0.05, 0.1) is 31.5 Å². The van der Waals surface area contributed by atoms with E-state index in [0.29, 0.717) is 11.1 Å². The number of hydrogen-bond acceptors (Lipinski definition) is 7. The SMILES string of the molecule is COc1cc(O)cc(OC)c1C1C2=CCC3C(=O)N(C4CCCCC4)C(=O)C3C2CC2(Cl)C(=O)N(CBr)C(=O)C12Cl. The lowest BCUT2D eigenvalue weighted by Gasteiger charge is -2.51. The number of methoxy groups -OCH3 is 2. The van der Waals surface area contributed by atoms with Crippen molar-refractivity contribution in [3.8, 4) is 17.2 Å². The second kappa shape index (κ2) is 10.2. The standard InChI is InChI=1S/C29H31BrCl2N2O7/c1-40-19-10-15(35)11-20(41-2)22(19)23-16-8-9-17-21(25(37)34(24(17)36)14-6-4-3-5-7-14)18(16)12-28(31)26(38)33(13-30)27(39)29(23,28)32/h8,10-11,14,17-18,21,23,35H,3-7,9,12-13H2,1-2H3. The summed E-state index contributed by atoms with van der Waals surface area (Å²) in [5.41, 5.74) is 0.858. The quantitative estimate of drug-likeness (QED) is 0.213. The van der Waals surface area contributed by atoms with E-state index in [1.165, 1.54) is 31.3 Å². The summed E-state index contributed by atoms with van der Waals surface area (Å²) in [6.45, 7) is 0. The second-order valence-corrected chi connectivity index (χ2v) is 13.3. The van der Waals surface area contributed by atoms with Crippen molar-refractivity contribution >= 4 is 62.8 Å². The summed E-state index contributed by atoms with van der Waals surface area (Å²) in [7, 11) is 2.82. The molecule has 220 valence electrons. The van der Waals surface area contributed by atoms with Crippen LogP contribution in [0.3, 0.4) is 0 Å². The number of benzene rings is 1. The van der Waals surface area contributed by atoms with Crippen molar-refractivity contribution in [1.82, 2.24) is 9.80 Å². The molecule has 9 nitrogen and oxygen atoms in total. The Morgan fingerprint density at radius 1 is 0.976 bits per heavy atom. The van der Waals surface area contributed by atoms with Gasteiger partial charge in [-0.3, -0.25) is 29.0 Å². The van der Waals surface area contributed by atoms with Gasteiger partial charge in [0.15, 0.2) is 9.75 Å². The van der Waals surface area contributed by atoms with Gasteiger partial charge in [-0.25, -0.2) is 0 Å². The Bertz CT molecular complexity index is 1360. The van der Waals surface area contributed by atoms with Crippen LogP contribution in [0.1, 0.15) is 56.4 Å². The minimum Gasteiger partial charge on any atom is -0.508 e. The highest BCUT2D eigenvalue weighted by Gasteiger charge is 2.77. The number of halogens is 3. The maximum atomic E-state index is 14.1. The van der Waals surface area contributed by atoms with Crippen LogP contribution in [0, 0.1) is 17.8 Å². The Labute approximate surface area is 256 Å². The van der Waals surface area contributed by atoms with Crippen LogP contribution >= 0.6 is 39.1 Å². The zero-order valence-corrected chi connectivity index (χ0v) is 25.8. The van der Waals surface area contributed by atoms with Crippen molar-refractivity contribution in [1.29, 1.82) is 0 Å². The molecule has 6 rings (SSSR count). The highest BCUT2D eigenvalue weighted by atomic mass is 79.9. The summed E-state index contributed by atoms with van der Waals surface area (Å²) in [6.07, 6.45) is 6.65. The molecule has 4 fully saturated rings. The largest absolute Gasteiger partial charge is 0.508 e. The van der Waals surface area contributed by atoms with E-state index in [-0.39, 0.29) is 53.4 Å². The lowest BCUT2D eigenvalue weighted by molar-refractivity contribution is -0.144. The van der Waals surface area contributed by atoms with Gasteiger partial charge in [0.2, 0.25) is 11.8 Å². The van der Waals surface area contributed by atoms with E-state index in [4.69, 9.17) is 32.7 Å². The highest BCUT2D eigenvalue weighted by molar-refractivity contribution is 9.09. The Morgan fingerprint density at radius 3 is 2.20 bits per heavy atom. The number of carbonyl (C=O) groups excluding carboxylic acids is 4. The van der Waals surface area contributed by atoms with Gasteiger partial charge in [-0.2, -0.15) is 0 Å². The zero-order valence-electron chi connectivity index (χ0n) is 22.7. The van der Waals surface area contributed by atoms with Crippen molar-refractivity contribution in [2.75, 3.05) is 19.7 Å². The number of rotatable bonds is 5. The van der Waals surface area contributed by atoms with E-state index in [0.717, 1.165) is 37.0 Å². The van der Waals surface area contributed by atoms with Crippen molar-refractivity contribution in [2.45, 2.75) is 66.7 Å². The summed E-state index contributed by atoms with van der Waals surface area (Å²) in [5.74, 6) is -4.55. The molecule has 41 heavy (non-hydrogen) atoms. The van der Waals surface area contributed by atoms with Crippen LogP contribution in [0.5, 0.6) is 17.2 Å². The molecule has 6 atom stereocenters. The van der Waals surface area contributed by atoms with Crippen LogP contribution in [0.25, 0.3) is 0 Å². The molecule has 2 heterocycles. The summed E-state index contributed by atoms with van der Waals surface area (Å²) < 4.78 is 11.3. The van der Waals surface area contributed by atoms with Gasteiger partial charge in [-0.1, -0.05) is 46.8 Å². The van der Waals surface area contributed by atoms with Gasteiger partial charge >= 0.3 is 0 Å². The van der Waals surface area contributed by atoms with Crippen LogP contribution in [0.2, 0.25) is 0 Å². The van der Waals surface area contributed by atoms with Crippen molar-refractivity contribution in [3.63, 3.8) is 0 Å². The van der Waals surface area contributed by atoms with Gasteiger partial charge < -0.3 is 14.6 Å². The first kappa shape index (κ1) is 28.8. The second-order valence-electron chi connectivity index (χ2n) is 11.6. The maximum absolute atomic E-state index is 14.1. The van der Waals surface area contributed by atoms with Crippen LogP contribution in [-0.2, 0) is 19.2 Å². The number of phenols is 1. The predicted octanol–water partition coefficient (Wildman–Crippen LogP) is 4.45. The Balaban J connectivity index is 1.55. The number of amides is 4. The first-order chi connectivity index (χ1) is 19.5. The molecule has 12 heteroatoms. The average molecular weight is 670 g/mol. The smallest absolute Gasteiger partial charge is 0.254 e. The number of likely N-dealkylation sites (tertiary alicyclic amines) is 2. The lowest BCUT2D eigenvalue weighted by Crippen LogP contribution is -2.60. The average Bonchev–Trinajstić information content (AvgIpc) is 3.31. The number of allylic oxidation sites excluding steroid dienone is 2. The van der Waals surface area contributed by atoms with E-state index in [9.17, 15) is 24.3 Å². The molecule has 6 unspecified atom stereocenters. The van der Waals surface area contributed by atoms with Crippen molar-refractivity contribution < 1.29 is 33.8 Å². The fraction of sp³-hybridized carbons (Fsp3) is 0.586. The van der Waals surface area contributed by atoms with Crippen LogP contribution in [0.15, 0.2) is 23.8 Å². The molecule has 0 aromatic heterocycles. The van der Waals surface area contributed by atoms with Gasteiger partial charge in [-0.05, 0) is 31.6 Å². The number of alkyl halides is 3. The predicted molar refractivity (Wildman–Crippen MR) is 153 cm³/mol. The maximum Gasteiger partial charge on any atom is 0.254 e. The molecule has 0 radical (unpaired) electrons. The van der Waals surface area contributed by atoms with E-state index in [2.05, 4.69) is 15.9 Å². The van der Waals surface area contributed by atoms with Crippen LogP contribution in [0.4, 0.5) is 0 Å². The van der Waals surface area contributed by atoms with E-state index >= 15 is 0 Å². The van der Waals surface area contributed by atoms with Crippen molar-refractivity contribution in [3.05, 3.63) is 29.3 Å². The normalized spacial score (nSPS) is 35.3. The lowest BCUT2D eigenvalue weighted by atomic mass is 9.56. The highest BCUT2D eigenvalue weighted by Crippen LogP contribution is 2.67. The zero-order chi connectivity index (χ0) is 29.4. The number of hydrogen-bond donors (Lipinski definition) is 1. The summed E-state index contributed by atoms with van der Waals surface area (Å²) >= 11 is 17.9. The molecule has 1 aromatic carbocycles. The number of aromatic hydroxyl groups is 1. The molecule has 1 N–H and O–H groups in total. The van der Waals surface area contributed by atoms with Gasteiger partial charge in [-0.15, -0.1) is 23.2 Å². The van der Waals surface area contributed by atoms with E-state index in [1.807, 2.05) is 6.08 Å². The molecule has 4 amide bonds. The summed E-state index contributed by atoms with van der Waals surface area (Å²) in [6, 6.07) is 2.62. The number of phenolic OH excluding ortho intramolecular Hbond substituents is 1. The number of ether oxygens (including phenoxy) is 2. The summed E-state index contributed by atoms with van der Waals surface area (Å²) in [5, 5.41) is 10.4. The van der Waals surface area contributed by atoms with Crippen LogP contribution in [-0.4, -0.2) is 74.0 Å². The molecule has 3 aliphatic carbocycles. The molecule has 0 bridgehead atoms. The minimum absolute atomic E-state index is 0.0874. The Morgan fingerprint density at radius 2 is 1.61 bits per heavy atom. The third-order valence-corrected chi connectivity index (χ3v) is 11.7. The molecule has 1 aromatic rings. The number of fused-ring (bicyclic) bond motifs is 4. The van der Waals surface area contributed by atoms with Gasteiger partial charge in [0, 0.05) is 29.7 Å². The third kappa shape index (κ3) is 3.78. The minimum atomic E-state index is -2.00. The molecule has 5 aliphatic rings. The number of carbonyl (C=O) groups is 4. The number of imide groups is 2. The monoisotopic (exact) mass is 668 g/mol. The number of nitrogens with zero attached hydrogens (tertiary/aromatic N) is 2. The Hall–Kier alpha value is -2.30. The van der Waals surface area contributed by atoms with Gasteiger partial charge in [0.25, 0.3) is 11.8 Å². The first-order valence-electron chi connectivity index (χ1n) is 13.9. The topological polar surface area (TPSA) is 113 Å². The fourth-order valence-corrected chi connectivity index (χ4v) is 9.41. The molecule has 2 saturated heterocycles. The van der Waals surface area contributed by atoms with E-state index < -0.39 is 45.2 Å². The molecule has 0 spiro atoms. The Kier molecular flexibility index (Phi) is 7.14. The van der Waals surface area contributed by atoms with Crippen LogP contribution < -0.4 is 9.47 Å². The van der Waals surface area contributed by atoms with E-state index in [1.54, 1.807) is 0 Å². The van der Waals surface area contributed by atoms with Gasteiger partial charge in [0.1, 0.15) is 17.2 Å². The molecular weight excluding hydrogens is 639 g/mol.